The average molecular weight is 530 g/mol. The van der Waals surface area contributed by atoms with Crippen molar-refractivity contribution in [1.82, 2.24) is 19.2 Å². The third-order valence-electron chi connectivity index (χ3n) is 5.84. The largest absolute Gasteiger partial charge is 0.618 e. The minimum Gasteiger partial charge on any atom is -0.618 e. The van der Waals surface area contributed by atoms with E-state index in [2.05, 4.69) is 9.97 Å². The summed E-state index contributed by atoms with van der Waals surface area (Å²) in [5.41, 5.74) is 1.08. The van der Waals surface area contributed by atoms with E-state index in [1.54, 1.807) is 54.3 Å². The van der Waals surface area contributed by atoms with Gasteiger partial charge in [0.1, 0.15) is 4.21 Å². The minimum atomic E-state index is -3.68. The molecule has 0 atom stereocenters. The Balaban J connectivity index is 1.27. The Labute approximate surface area is 210 Å². The predicted octanol–water partition coefficient (Wildman–Crippen LogP) is 3.10. The van der Waals surface area contributed by atoms with Crippen LogP contribution in [0.25, 0.3) is 21.6 Å². The van der Waals surface area contributed by atoms with Gasteiger partial charge in [0.25, 0.3) is 21.6 Å². The summed E-state index contributed by atoms with van der Waals surface area (Å²) in [6.07, 6.45) is 2.77. The highest BCUT2D eigenvalue weighted by atomic mass is 35.5. The maximum Gasteiger partial charge on any atom is 0.261 e. The highest BCUT2D eigenvalue weighted by Crippen LogP contribution is 2.33. The van der Waals surface area contributed by atoms with Crippen LogP contribution in [0.3, 0.4) is 0 Å². The number of benzene rings is 1. The van der Waals surface area contributed by atoms with Gasteiger partial charge in [-0.2, -0.15) is 9.04 Å². The molecule has 1 aromatic carbocycles. The summed E-state index contributed by atoms with van der Waals surface area (Å²) >= 11 is 7.21. The first kappa shape index (κ1) is 23.6. The second-order valence-electron chi connectivity index (χ2n) is 8.09. The molecule has 12 heteroatoms. The van der Waals surface area contributed by atoms with E-state index < -0.39 is 10.0 Å². The molecule has 1 fully saturated rings. The van der Waals surface area contributed by atoms with Crippen LogP contribution in [0.5, 0.6) is 0 Å². The molecular weight excluding hydrogens is 510 g/mol. The number of nitrogens with zero attached hydrogens (tertiary/aromatic N) is 5. The number of pyridine rings is 1. The van der Waals surface area contributed by atoms with Gasteiger partial charge in [0, 0.05) is 67.4 Å². The van der Waals surface area contributed by atoms with Crippen molar-refractivity contribution in [3.8, 4) is 11.5 Å². The maximum absolute atomic E-state index is 13.2. The molecule has 0 unspecified atom stereocenters. The molecule has 0 bridgehead atoms. The van der Waals surface area contributed by atoms with Crippen molar-refractivity contribution in [3.05, 3.63) is 76.3 Å². The van der Waals surface area contributed by atoms with Crippen LogP contribution >= 0.6 is 22.9 Å². The number of rotatable bonds is 4. The SMILES string of the molecule is Cc1cccc(-c2ncc(C(=O)N3CCN(S(=O)(=O)c4cc5ccc(Cl)cc5s4)CC3)cn2)[n+]1[O-]. The van der Waals surface area contributed by atoms with Crippen molar-refractivity contribution < 1.29 is 17.9 Å². The molecule has 0 aliphatic carbocycles. The van der Waals surface area contributed by atoms with Crippen LogP contribution in [0, 0.1) is 12.1 Å². The van der Waals surface area contributed by atoms with E-state index in [1.807, 2.05) is 0 Å². The Morgan fingerprint density at radius 1 is 1.09 bits per heavy atom. The topological polar surface area (TPSA) is 110 Å². The van der Waals surface area contributed by atoms with E-state index in [-0.39, 0.29) is 47.7 Å². The Bertz CT molecular complexity index is 1530. The molecule has 5 rings (SSSR count). The van der Waals surface area contributed by atoms with Crippen LogP contribution in [-0.2, 0) is 10.0 Å². The van der Waals surface area contributed by atoms with E-state index >= 15 is 0 Å². The molecule has 1 aliphatic heterocycles. The van der Waals surface area contributed by atoms with E-state index in [1.165, 1.54) is 28.0 Å². The number of hydrogen-bond donors (Lipinski definition) is 0. The van der Waals surface area contributed by atoms with Gasteiger partial charge in [0.2, 0.25) is 5.82 Å². The molecule has 0 saturated carbocycles. The molecule has 0 N–H and O–H groups in total. The van der Waals surface area contributed by atoms with Gasteiger partial charge in [0.05, 0.1) is 5.56 Å². The van der Waals surface area contributed by atoms with E-state index in [0.29, 0.717) is 16.4 Å². The van der Waals surface area contributed by atoms with Crippen LogP contribution in [0.1, 0.15) is 16.1 Å². The second kappa shape index (κ2) is 9.15. The summed E-state index contributed by atoms with van der Waals surface area (Å²) in [4.78, 5) is 22.9. The Kier molecular flexibility index (Phi) is 6.18. The number of sulfonamides is 1. The third kappa shape index (κ3) is 4.47. The number of aromatic nitrogens is 3. The monoisotopic (exact) mass is 529 g/mol. The lowest BCUT2D eigenvalue weighted by Crippen LogP contribution is -2.50. The van der Waals surface area contributed by atoms with Gasteiger partial charge in [-0.25, -0.2) is 18.4 Å². The normalized spacial score (nSPS) is 15.0. The predicted molar refractivity (Wildman–Crippen MR) is 133 cm³/mol. The fourth-order valence-corrected chi connectivity index (χ4v) is 7.14. The van der Waals surface area contributed by atoms with Crippen molar-refractivity contribution >= 4 is 49.0 Å². The van der Waals surface area contributed by atoms with Gasteiger partial charge in [-0.1, -0.05) is 17.7 Å². The van der Waals surface area contributed by atoms with E-state index in [4.69, 9.17) is 11.6 Å². The molecule has 0 spiro atoms. The molecule has 1 amide bonds. The zero-order valence-electron chi connectivity index (χ0n) is 18.6. The summed E-state index contributed by atoms with van der Waals surface area (Å²) in [5, 5.41) is 13.6. The summed E-state index contributed by atoms with van der Waals surface area (Å²) in [5.74, 6) is -0.0647. The fraction of sp³-hybridized carbons (Fsp3) is 0.217. The lowest BCUT2D eigenvalue weighted by atomic mass is 10.2. The Morgan fingerprint density at radius 2 is 1.80 bits per heavy atom. The number of amides is 1. The molecule has 9 nitrogen and oxygen atoms in total. The van der Waals surface area contributed by atoms with E-state index in [9.17, 15) is 18.4 Å². The molecule has 35 heavy (non-hydrogen) atoms. The van der Waals surface area contributed by atoms with Crippen LogP contribution in [-0.4, -0.2) is 59.7 Å². The molecular formula is C23H20ClN5O4S2. The maximum atomic E-state index is 13.2. The molecule has 4 aromatic rings. The van der Waals surface area contributed by atoms with Crippen molar-refractivity contribution in [2.75, 3.05) is 26.2 Å². The lowest BCUT2D eigenvalue weighted by molar-refractivity contribution is -0.601. The molecule has 1 aliphatic rings. The standard InChI is InChI=1S/C23H20ClN5O4S2/c1-15-3-2-4-19(29(15)31)22-25-13-17(14-26-22)23(30)27-7-9-28(10-8-27)35(32,33)21-11-16-5-6-18(24)12-20(16)34-21/h2-6,11-14H,7-10H2,1H3. The van der Waals surface area contributed by atoms with Gasteiger partial charge in [-0.3, -0.25) is 4.79 Å². The molecule has 180 valence electrons. The molecule has 3 aromatic heterocycles. The number of carbonyl (C=O) groups is 1. The average Bonchev–Trinajstić information content (AvgIpc) is 3.30. The smallest absolute Gasteiger partial charge is 0.261 e. The van der Waals surface area contributed by atoms with Gasteiger partial charge in [0.15, 0.2) is 5.69 Å². The molecule has 1 saturated heterocycles. The quantitative estimate of drug-likeness (QED) is 0.297. The van der Waals surface area contributed by atoms with Crippen molar-refractivity contribution in [3.63, 3.8) is 0 Å². The number of piperazine rings is 1. The highest BCUT2D eigenvalue weighted by molar-refractivity contribution is 7.91. The first-order valence-corrected chi connectivity index (χ1v) is 13.4. The van der Waals surface area contributed by atoms with Crippen LogP contribution in [0.2, 0.25) is 5.02 Å². The van der Waals surface area contributed by atoms with Gasteiger partial charge in [-0.05, 0) is 29.7 Å². The van der Waals surface area contributed by atoms with Crippen molar-refractivity contribution in [2.45, 2.75) is 11.1 Å². The Morgan fingerprint density at radius 3 is 2.51 bits per heavy atom. The van der Waals surface area contributed by atoms with E-state index in [0.717, 1.165) is 14.8 Å². The van der Waals surface area contributed by atoms with Gasteiger partial charge < -0.3 is 10.1 Å². The number of thiophene rings is 1. The number of fused-ring (bicyclic) bond motifs is 1. The minimum absolute atomic E-state index is 0.182. The molecule has 4 heterocycles. The third-order valence-corrected chi connectivity index (χ3v) is 9.52. The lowest BCUT2D eigenvalue weighted by Gasteiger charge is -2.33. The van der Waals surface area contributed by atoms with Gasteiger partial charge in [-0.15, -0.1) is 11.3 Å². The van der Waals surface area contributed by atoms with Crippen molar-refractivity contribution in [1.29, 1.82) is 0 Å². The summed E-state index contributed by atoms with van der Waals surface area (Å²) in [6.45, 7) is 2.54. The van der Waals surface area contributed by atoms with Crippen molar-refractivity contribution in [2.24, 2.45) is 0 Å². The number of hydrogen-bond acceptors (Lipinski definition) is 7. The summed E-state index contributed by atoms with van der Waals surface area (Å²) in [7, 11) is -3.68. The zero-order valence-corrected chi connectivity index (χ0v) is 21.0. The first-order valence-electron chi connectivity index (χ1n) is 10.7. The van der Waals surface area contributed by atoms with Crippen LogP contribution in [0.4, 0.5) is 0 Å². The fourth-order valence-electron chi connectivity index (χ4n) is 3.89. The number of carbonyl (C=O) groups excluding carboxylic acids is 1. The Hall–Kier alpha value is -3.12. The zero-order chi connectivity index (χ0) is 24.7. The number of aryl methyl sites for hydroxylation is 1. The second-order valence-corrected chi connectivity index (χ2v) is 11.8. The first-order chi connectivity index (χ1) is 16.7. The summed E-state index contributed by atoms with van der Waals surface area (Å²) in [6, 6.07) is 12.0. The summed E-state index contributed by atoms with van der Waals surface area (Å²) < 4.78 is 29.5. The molecule has 0 radical (unpaired) electrons. The van der Waals surface area contributed by atoms with Gasteiger partial charge >= 0.3 is 0 Å². The van der Waals surface area contributed by atoms with Crippen LogP contribution < -0.4 is 4.73 Å². The highest BCUT2D eigenvalue weighted by Gasteiger charge is 2.32. The number of halogens is 1. The van der Waals surface area contributed by atoms with Crippen LogP contribution in [0.15, 0.2) is 59.1 Å².